The van der Waals surface area contributed by atoms with E-state index in [1.807, 2.05) is 0 Å². The van der Waals surface area contributed by atoms with Gasteiger partial charge in [-0.2, -0.15) is 0 Å². The lowest BCUT2D eigenvalue weighted by molar-refractivity contribution is -0.153. The molecule has 0 unspecified atom stereocenters. The molecule has 3 aliphatic rings. The smallest absolute Gasteiger partial charge is 0.411 e. The number of aliphatic hydroxyl groups is 3. The Morgan fingerprint density at radius 3 is 2.44 bits per heavy atom. The summed E-state index contributed by atoms with van der Waals surface area (Å²) in [6.45, 7) is 3.60. The zero-order valence-electron chi connectivity index (χ0n) is 23.2. The van der Waals surface area contributed by atoms with Crippen LogP contribution in [0.1, 0.15) is 24.0 Å². The van der Waals surface area contributed by atoms with Crippen LogP contribution < -0.4 is 16.0 Å². The van der Waals surface area contributed by atoms with Gasteiger partial charge in [0, 0.05) is 31.3 Å². The van der Waals surface area contributed by atoms with Crippen LogP contribution in [-0.2, 0) is 25.5 Å². The van der Waals surface area contributed by atoms with Gasteiger partial charge in [0.2, 0.25) is 5.78 Å². The van der Waals surface area contributed by atoms with Crippen molar-refractivity contribution in [2.75, 3.05) is 45.0 Å². The summed E-state index contributed by atoms with van der Waals surface area (Å²) in [6, 6.07) is 0.329. The molecule has 7 N–H and O–H groups in total. The van der Waals surface area contributed by atoms with Crippen LogP contribution in [-0.4, -0.2) is 95.3 Å². The average Bonchev–Trinajstić information content (AvgIpc) is 2.87. The van der Waals surface area contributed by atoms with Crippen molar-refractivity contribution in [3.8, 4) is 5.75 Å². The summed E-state index contributed by atoms with van der Waals surface area (Å²) in [4.78, 5) is 54.8. The number of benzene rings is 1. The fourth-order valence-corrected chi connectivity index (χ4v) is 6.17. The zero-order chi connectivity index (χ0) is 30.5. The van der Waals surface area contributed by atoms with Crippen molar-refractivity contribution in [3.05, 3.63) is 46.8 Å². The maximum Gasteiger partial charge on any atom is 0.411 e. The van der Waals surface area contributed by atoms with Crippen LogP contribution in [0.5, 0.6) is 5.75 Å². The van der Waals surface area contributed by atoms with E-state index in [-0.39, 0.29) is 36.3 Å². The van der Waals surface area contributed by atoms with Crippen LogP contribution in [0.15, 0.2) is 35.6 Å². The van der Waals surface area contributed by atoms with Crippen LogP contribution in [0.3, 0.4) is 0 Å². The highest BCUT2D eigenvalue weighted by Crippen LogP contribution is 2.54. The molecular weight excluding hydrogens is 536 g/mol. The van der Waals surface area contributed by atoms with Crippen molar-refractivity contribution in [2.45, 2.75) is 30.9 Å². The third kappa shape index (κ3) is 4.50. The molecule has 2 amide bonds. The predicted octanol–water partition coefficient (Wildman–Crippen LogP) is 1.15. The molecule has 13 heteroatoms. The van der Waals surface area contributed by atoms with Crippen molar-refractivity contribution < 1.29 is 44.3 Å². The van der Waals surface area contributed by atoms with E-state index in [9.17, 15) is 39.6 Å². The molecular formula is C28H34N4O9. The third-order valence-corrected chi connectivity index (χ3v) is 7.97. The highest BCUT2D eigenvalue weighted by atomic mass is 16.5. The summed E-state index contributed by atoms with van der Waals surface area (Å²) < 4.78 is 5.06. The van der Waals surface area contributed by atoms with Crippen molar-refractivity contribution in [1.82, 2.24) is 4.90 Å². The molecule has 1 aromatic rings. The lowest BCUT2D eigenvalue weighted by Crippen LogP contribution is -2.65. The summed E-state index contributed by atoms with van der Waals surface area (Å²) >= 11 is 0. The fourth-order valence-electron chi connectivity index (χ4n) is 6.17. The van der Waals surface area contributed by atoms with E-state index in [1.54, 1.807) is 25.1 Å². The van der Waals surface area contributed by atoms with Gasteiger partial charge in [0.25, 0.3) is 5.91 Å². The van der Waals surface area contributed by atoms with Crippen LogP contribution in [0.4, 0.5) is 16.2 Å². The second-order valence-corrected chi connectivity index (χ2v) is 10.8. The number of ketones is 2. The first-order valence-corrected chi connectivity index (χ1v) is 12.9. The number of carbonyl (C=O) groups is 4. The molecule has 4 atom stereocenters. The Bertz CT molecular complexity index is 1430. The Balaban J connectivity index is 1.90. The summed E-state index contributed by atoms with van der Waals surface area (Å²) in [5.74, 6) is -7.52. The molecule has 13 nitrogen and oxygen atoms in total. The molecule has 1 aromatic carbocycles. The van der Waals surface area contributed by atoms with E-state index >= 15 is 0 Å². The van der Waals surface area contributed by atoms with Gasteiger partial charge in [0.1, 0.15) is 17.1 Å². The normalized spacial score (nSPS) is 25.4. The van der Waals surface area contributed by atoms with E-state index in [2.05, 4.69) is 11.9 Å². The molecule has 0 spiro atoms. The number of ether oxygens (including phenoxy) is 1. The number of Topliss-reactive ketones (excluding diaryl/α,β-unsaturated/α-hetero) is 2. The number of phenolic OH excluding ortho intramolecular Hbond substituents is 1. The Hall–Kier alpha value is -4.36. The molecule has 0 aromatic heterocycles. The average molecular weight is 571 g/mol. The quantitative estimate of drug-likeness (QED) is 0.119. The second kappa shape index (κ2) is 10.6. The summed E-state index contributed by atoms with van der Waals surface area (Å²) in [5, 5.41) is 47.8. The second-order valence-electron chi connectivity index (χ2n) is 10.8. The minimum atomic E-state index is -2.74. The molecule has 1 fully saturated rings. The number of rotatable bonds is 7. The highest BCUT2D eigenvalue weighted by molar-refractivity contribution is 6.24. The summed E-state index contributed by atoms with van der Waals surface area (Å²) in [7, 11) is 6.51. The number of anilines is 2. The molecule has 0 aliphatic heterocycles. The lowest BCUT2D eigenvalue weighted by atomic mass is 9.57. The molecule has 220 valence electrons. The largest absolute Gasteiger partial charge is 0.508 e. The van der Waals surface area contributed by atoms with E-state index in [0.717, 1.165) is 0 Å². The predicted molar refractivity (Wildman–Crippen MR) is 148 cm³/mol. The number of amides is 2. The number of primary amides is 1. The molecule has 0 bridgehead atoms. The van der Waals surface area contributed by atoms with Crippen LogP contribution >= 0.6 is 0 Å². The van der Waals surface area contributed by atoms with Crippen LogP contribution in [0.2, 0.25) is 0 Å². The van der Waals surface area contributed by atoms with Crippen molar-refractivity contribution in [2.24, 2.45) is 17.6 Å². The van der Waals surface area contributed by atoms with Gasteiger partial charge in [-0.3, -0.25) is 24.6 Å². The van der Waals surface area contributed by atoms with E-state index in [4.69, 9.17) is 10.5 Å². The number of fused-ring (bicyclic) bond motifs is 3. The Kier molecular flexibility index (Phi) is 7.63. The molecule has 4 rings (SSSR count). The molecule has 41 heavy (non-hydrogen) atoms. The first kappa shape index (κ1) is 29.6. The number of carbonyl (C=O) groups excluding carboxylic acids is 4. The van der Waals surface area contributed by atoms with Gasteiger partial charge >= 0.3 is 6.09 Å². The highest BCUT2D eigenvalue weighted by Gasteiger charge is 2.64. The molecule has 1 saturated carbocycles. The minimum absolute atomic E-state index is 0.0327. The monoisotopic (exact) mass is 570 g/mol. The van der Waals surface area contributed by atoms with Gasteiger partial charge < -0.3 is 35.8 Å². The van der Waals surface area contributed by atoms with E-state index in [0.29, 0.717) is 17.7 Å². The van der Waals surface area contributed by atoms with Crippen molar-refractivity contribution in [1.29, 1.82) is 0 Å². The number of aromatic hydroxyl groups is 1. The Morgan fingerprint density at radius 2 is 1.88 bits per heavy atom. The number of nitrogens with one attached hydrogen (secondary N) is 1. The standard InChI is InChI=1S/C28H34N4O9/c1-6-7-8-41-27(39)30-15-11-16(31(2)3)13-9-12-10-14-20(32(4)5)23(35)19(26(29)38)25(37)28(14,40)24(36)17(12)22(34)18(13)21(15)33/h6,11-12,14,20,33-34,37,40H,1,7-10H2,2-5H3,(H2,29,38)(H,30,39)/t12-,14-,20-,28-/m0/s1. The van der Waals surface area contributed by atoms with Gasteiger partial charge in [-0.05, 0) is 50.9 Å². The van der Waals surface area contributed by atoms with Gasteiger partial charge in [-0.25, -0.2) is 4.79 Å². The van der Waals surface area contributed by atoms with Crippen molar-refractivity contribution in [3.63, 3.8) is 0 Å². The van der Waals surface area contributed by atoms with E-state index in [1.165, 1.54) is 25.1 Å². The first-order chi connectivity index (χ1) is 19.2. The zero-order valence-corrected chi connectivity index (χ0v) is 23.2. The fraction of sp³-hybridized carbons (Fsp3) is 0.429. The number of nitrogens with two attached hydrogens (primary N) is 1. The Morgan fingerprint density at radius 1 is 1.22 bits per heavy atom. The lowest BCUT2D eigenvalue weighted by Gasteiger charge is -2.50. The number of likely N-dealkylation sites (N-methyl/N-ethyl adjacent to an activating group) is 1. The molecule has 0 radical (unpaired) electrons. The maximum atomic E-state index is 14.0. The maximum absolute atomic E-state index is 14.0. The summed E-state index contributed by atoms with van der Waals surface area (Å²) in [6.07, 6.45) is 1.19. The van der Waals surface area contributed by atoms with Crippen LogP contribution in [0.25, 0.3) is 5.76 Å². The minimum Gasteiger partial charge on any atom is -0.508 e. The van der Waals surface area contributed by atoms with E-state index < -0.39 is 69.9 Å². The van der Waals surface area contributed by atoms with Crippen molar-refractivity contribution >= 4 is 40.7 Å². The number of hydrogen-bond acceptors (Lipinski definition) is 11. The molecule has 3 aliphatic carbocycles. The third-order valence-electron chi connectivity index (χ3n) is 7.97. The van der Waals surface area contributed by atoms with Gasteiger partial charge in [-0.15, -0.1) is 6.58 Å². The number of aliphatic hydroxyl groups excluding tert-OH is 2. The number of hydrogen-bond donors (Lipinski definition) is 6. The van der Waals surface area contributed by atoms with Gasteiger partial charge in [-0.1, -0.05) is 6.08 Å². The number of nitrogens with zero attached hydrogens (tertiary/aromatic N) is 2. The van der Waals surface area contributed by atoms with Gasteiger partial charge in [0.15, 0.2) is 17.1 Å². The topological polar surface area (TPSA) is 203 Å². The van der Waals surface area contributed by atoms with Gasteiger partial charge in [0.05, 0.1) is 23.9 Å². The Labute approximate surface area is 236 Å². The molecule has 0 saturated heterocycles. The number of phenols is 1. The SMILES string of the molecule is C=CCCOC(=O)Nc1cc(N(C)C)c2c(c1O)C(O)=C1C(=O)[C@]3(O)C(O)=C(C(N)=O)C(=O)[C@@H](N(C)C)[C@@H]3C[C@@H]1C2. The summed E-state index contributed by atoms with van der Waals surface area (Å²) in [5.41, 5.74) is 2.17. The first-order valence-electron chi connectivity index (χ1n) is 12.9. The molecule has 0 heterocycles. The van der Waals surface area contributed by atoms with Crippen LogP contribution in [0, 0.1) is 11.8 Å².